The quantitative estimate of drug-likeness (QED) is 0.640. The number of fused-ring (bicyclic) bond motifs is 5. The highest BCUT2D eigenvalue weighted by atomic mass is 16.6. The molecule has 1 aromatic carbocycles. The SMILES string of the molecule is CCC1=C2CC[C@H]3C(=O)N(c4ccccc4)C(=O)[C@H]3[C@H]2[C@@]2(C)C(=NCC3CC3)OC(=O)N2C1=O. The molecule has 4 amide bonds. The van der Waals surface area contributed by atoms with E-state index in [1.165, 1.54) is 4.90 Å². The molecule has 8 heteroatoms. The molecule has 3 heterocycles. The van der Waals surface area contributed by atoms with Crippen molar-refractivity contribution in [2.45, 2.75) is 51.5 Å². The van der Waals surface area contributed by atoms with E-state index >= 15 is 0 Å². The predicted octanol–water partition coefficient (Wildman–Crippen LogP) is 3.47. The van der Waals surface area contributed by atoms with Crippen molar-refractivity contribution in [2.24, 2.45) is 28.7 Å². The van der Waals surface area contributed by atoms with Crippen molar-refractivity contribution in [3.05, 3.63) is 41.5 Å². The molecule has 0 spiro atoms. The van der Waals surface area contributed by atoms with Gasteiger partial charge >= 0.3 is 6.09 Å². The van der Waals surface area contributed by atoms with Gasteiger partial charge in [-0.2, -0.15) is 0 Å². The first kappa shape index (κ1) is 21.3. The Bertz CT molecular complexity index is 1180. The minimum atomic E-state index is -1.22. The summed E-state index contributed by atoms with van der Waals surface area (Å²) in [5.41, 5.74) is 0.757. The summed E-state index contributed by atoms with van der Waals surface area (Å²) >= 11 is 0. The van der Waals surface area contributed by atoms with E-state index in [4.69, 9.17) is 4.74 Å². The van der Waals surface area contributed by atoms with Gasteiger partial charge in [0, 0.05) is 18.0 Å². The molecule has 8 nitrogen and oxygen atoms in total. The number of ether oxygens (including phenoxy) is 1. The maximum absolute atomic E-state index is 13.9. The fraction of sp³-hybridized carbons (Fsp3) is 0.500. The number of hydrogen-bond donors (Lipinski definition) is 0. The number of benzene rings is 1. The van der Waals surface area contributed by atoms with Crippen LogP contribution >= 0.6 is 0 Å². The highest BCUT2D eigenvalue weighted by molar-refractivity contribution is 6.23. The van der Waals surface area contributed by atoms with Crippen LogP contribution in [-0.4, -0.2) is 46.7 Å². The van der Waals surface area contributed by atoms with Crippen LogP contribution in [0.5, 0.6) is 0 Å². The average Bonchev–Trinajstić information content (AvgIpc) is 3.57. The molecule has 34 heavy (non-hydrogen) atoms. The van der Waals surface area contributed by atoms with Gasteiger partial charge in [-0.15, -0.1) is 0 Å². The van der Waals surface area contributed by atoms with Gasteiger partial charge in [-0.1, -0.05) is 30.7 Å². The van der Waals surface area contributed by atoms with E-state index in [9.17, 15) is 19.2 Å². The van der Waals surface area contributed by atoms with Crippen molar-refractivity contribution in [1.29, 1.82) is 0 Å². The van der Waals surface area contributed by atoms with Gasteiger partial charge in [0.2, 0.25) is 17.7 Å². The highest BCUT2D eigenvalue weighted by Crippen LogP contribution is 2.56. The Hall–Kier alpha value is -3.29. The van der Waals surface area contributed by atoms with Crippen LogP contribution in [0.15, 0.2) is 46.5 Å². The molecule has 5 aliphatic rings. The van der Waals surface area contributed by atoms with E-state index in [0.29, 0.717) is 43.0 Å². The zero-order chi connectivity index (χ0) is 23.8. The van der Waals surface area contributed by atoms with Crippen LogP contribution in [0.2, 0.25) is 0 Å². The standard InChI is InChI=1S/C26H27N3O5/c1-3-16-17-11-12-18-19(23(32)28(21(18)30)15-7-5-4-6-8-15)20(17)26(2)24(27-13-14-9-10-14)34-25(33)29(26)22(16)31/h4-8,14,18-20H,3,9-13H2,1-2H3/t18-,19-,20+,26+/m1/s1. The Morgan fingerprint density at radius 1 is 1.06 bits per heavy atom. The lowest BCUT2D eigenvalue weighted by Crippen LogP contribution is -2.63. The van der Waals surface area contributed by atoms with E-state index < -0.39 is 29.4 Å². The maximum atomic E-state index is 13.9. The van der Waals surface area contributed by atoms with Gasteiger partial charge in [0.25, 0.3) is 5.91 Å². The van der Waals surface area contributed by atoms with E-state index in [1.807, 2.05) is 13.0 Å². The van der Waals surface area contributed by atoms with Crippen LogP contribution < -0.4 is 4.90 Å². The van der Waals surface area contributed by atoms with Gasteiger partial charge in [-0.3, -0.25) is 24.3 Å². The lowest BCUT2D eigenvalue weighted by atomic mass is 9.59. The van der Waals surface area contributed by atoms with Crippen molar-refractivity contribution in [3.63, 3.8) is 0 Å². The van der Waals surface area contributed by atoms with Crippen LogP contribution in [0.3, 0.4) is 0 Å². The number of aliphatic imine (C=N–C) groups is 1. The Morgan fingerprint density at radius 3 is 2.47 bits per heavy atom. The van der Waals surface area contributed by atoms with Crippen LogP contribution in [0.1, 0.15) is 46.0 Å². The number of nitrogens with zero attached hydrogens (tertiary/aromatic N) is 3. The van der Waals surface area contributed by atoms with Gasteiger partial charge in [0.05, 0.1) is 17.5 Å². The number of amides is 4. The first-order chi connectivity index (χ1) is 16.4. The zero-order valence-electron chi connectivity index (χ0n) is 19.3. The lowest BCUT2D eigenvalue weighted by molar-refractivity contribution is -0.133. The molecule has 2 saturated heterocycles. The summed E-state index contributed by atoms with van der Waals surface area (Å²) in [6.45, 7) is 4.20. The maximum Gasteiger partial charge on any atom is 0.424 e. The second-order valence-corrected chi connectivity index (χ2v) is 10.1. The molecule has 3 aliphatic heterocycles. The van der Waals surface area contributed by atoms with Crippen molar-refractivity contribution in [1.82, 2.24) is 4.90 Å². The molecular formula is C26H27N3O5. The monoisotopic (exact) mass is 461 g/mol. The fourth-order valence-corrected chi connectivity index (χ4v) is 6.41. The molecular weight excluding hydrogens is 434 g/mol. The number of anilines is 1. The second kappa shape index (κ2) is 7.35. The van der Waals surface area contributed by atoms with Gasteiger partial charge < -0.3 is 4.74 Å². The number of carbonyl (C=O) groups is 4. The van der Waals surface area contributed by atoms with Crippen molar-refractivity contribution in [3.8, 4) is 0 Å². The summed E-state index contributed by atoms with van der Waals surface area (Å²) in [5, 5.41) is 0. The van der Waals surface area contributed by atoms with Gasteiger partial charge in [-0.25, -0.2) is 9.69 Å². The number of carbonyl (C=O) groups excluding carboxylic acids is 4. The van der Waals surface area contributed by atoms with Crippen LogP contribution in [0, 0.1) is 23.7 Å². The third-order valence-electron chi connectivity index (χ3n) is 8.21. The Morgan fingerprint density at radius 2 is 1.79 bits per heavy atom. The predicted molar refractivity (Wildman–Crippen MR) is 123 cm³/mol. The molecule has 4 fully saturated rings. The van der Waals surface area contributed by atoms with E-state index in [2.05, 4.69) is 4.99 Å². The summed E-state index contributed by atoms with van der Waals surface area (Å²) in [6.07, 6.45) is 2.91. The zero-order valence-corrected chi connectivity index (χ0v) is 19.3. The molecule has 0 unspecified atom stereocenters. The normalized spacial score (nSPS) is 33.9. The lowest BCUT2D eigenvalue weighted by Gasteiger charge is -2.48. The highest BCUT2D eigenvalue weighted by Gasteiger charge is 2.68. The Kier molecular flexibility index (Phi) is 4.60. The van der Waals surface area contributed by atoms with Gasteiger partial charge in [-0.05, 0) is 57.1 Å². The molecule has 0 radical (unpaired) electrons. The van der Waals surface area contributed by atoms with Crippen LogP contribution in [0.4, 0.5) is 10.5 Å². The van der Waals surface area contributed by atoms with Crippen LogP contribution in [-0.2, 0) is 19.1 Å². The van der Waals surface area contributed by atoms with E-state index in [-0.39, 0.29) is 23.6 Å². The fourth-order valence-electron chi connectivity index (χ4n) is 6.41. The van der Waals surface area contributed by atoms with E-state index in [0.717, 1.165) is 23.3 Å². The molecule has 1 aromatic rings. The first-order valence-electron chi connectivity index (χ1n) is 12.1. The number of hydrogen-bond acceptors (Lipinski definition) is 6. The number of para-hydroxylation sites is 1. The molecule has 4 atom stereocenters. The molecule has 176 valence electrons. The third kappa shape index (κ3) is 2.74. The molecule has 0 bridgehead atoms. The van der Waals surface area contributed by atoms with Crippen molar-refractivity contribution in [2.75, 3.05) is 11.4 Å². The van der Waals surface area contributed by atoms with Gasteiger partial charge in [0.1, 0.15) is 5.54 Å². The summed E-state index contributed by atoms with van der Waals surface area (Å²) < 4.78 is 5.60. The minimum absolute atomic E-state index is 0.203. The molecule has 6 rings (SSSR count). The van der Waals surface area contributed by atoms with Crippen LogP contribution in [0.25, 0.3) is 0 Å². The smallest absolute Gasteiger partial charge is 0.393 e. The summed E-state index contributed by atoms with van der Waals surface area (Å²) in [7, 11) is 0. The molecule has 2 saturated carbocycles. The third-order valence-corrected chi connectivity index (χ3v) is 8.21. The van der Waals surface area contributed by atoms with Crippen molar-refractivity contribution >= 4 is 35.4 Å². The first-order valence-corrected chi connectivity index (χ1v) is 12.1. The molecule has 2 aliphatic carbocycles. The molecule has 0 aromatic heterocycles. The summed E-state index contributed by atoms with van der Waals surface area (Å²) in [4.78, 5) is 60.9. The number of cyclic esters (lactones) is 1. The number of rotatable bonds is 4. The van der Waals surface area contributed by atoms with E-state index in [1.54, 1.807) is 31.2 Å². The average molecular weight is 462 g/mol. The van der Waals surface area contributed by atoms with Crippen molar-refractivity contribution < 1.29 is 23.9 Å². The molecule has 0 N–H and O–H groups in total. The Labute approximate surface area is 197 Å². The summed E-state index contributed by atoms with van der Waals surface area (Å²) in [6, 6.07) is 8.94. The second-order valence-electron chi connectivity index (χ2n) is 10.1. The minimum Gasteiger partial charge on any atom is -0.393 e. The largest absolute Gasteiger partial charge is 0.424 e. The summed E-state index contributed by atoms with van der Waals surface area (Å²) in [5.74, 6) is -1.92. The number of imide groups is 2. The Balaban J connectivity index is 1.51. The topological polar surface area (TPSA) is 96.3 Å². The van der Waals surface area contributed by atoms with Gasteiger partial charge in [0.15, 0.2) is 0 Å².